The van der Waals surface area contributed by atoms with Crippen molar-refractivity contribution in [3.63, 3.8) is 0 Å². The Morgan fingerprint density at radius 3 is 2.11 bits per heavy atom. The molecular weight excluding hydrogens is 573 g/mol. The van der Waals surface area contributed by atoms with Crippen molar-refractivity contribution in [3.8, 4) is 5.75 Å². The second-order valence-corrected chi connectivity index (χ2v) is 11.4. The first kappa shape index (κ1) is 29.6. The SMILES string of the molecule is CNC(=O)[C@H](C)N(Cc1ccc(Cl)cc1Cl)C(=O)CN(c1ccc(Cl)cc1)S(=O)(=O)c1ccc(OC)cc1. The van der Waals surface area contributed by atoms with E-state index in [9.17, 15) is 18.0 Å². The number of likely N-dealkylation sites (N-methyl/N-ethyl adjacent to an activating group) is 1. The lowest BCUT2D eigenvalue weighted by atomic mass is 10.1. The highest BCUT2D eigenvalue weighted by atomic mass is 35.5. The van der Waals surface area contributed by atoms with Crippen LogP contribution in [-0.4, -0.2) is 51.9 Å². The van der Waals surface area contributed by atoms with E-state index in [-0.39, 0.29) is 17.1 Å². The molecule has 0 radical (unpaired) electrons. The van der Waals surface area contributed by atoms with E-state index in [2.05, 4.69) is 5.32 Å². The third kappa shape index (κ3) is 6.91. The predicted molar refractivity (Wildman–Crippen MR) is 150 cm³/mol. The lowest BCUT2D eigenvalue weighted by molar-refractivity contribution is -0.139. The summed E-state index contributed by atoms with van der Waals surface area (Å²) in [5, 5.41) is 3.64. The zero-order chi connectivity index (χ0) is 28.0. The summed E-state index contributed by atoms with van der Waals surface area (Å²) in [7, 11) is -1.30. The van der Waals surface area contributed by atoms with E-state index in [0.29, 0.717) is 26.4 Å². The second-order valence-electron chi connectivity index (χ2n) is 8.21. The largest absolute Gasteiger partial charge is 0.497 e. The average molecular weight is 599 g/mol. The molecule has 0 bridgehead atoms. The number of nitrogens with one attached hydrogen (secondary N) is 1. The molecule has 0 heterocycles. The Balaban J connectivity index is 2.04. The summed E-state index contributed by atoms with van der Waals surface area (Å²) in [5.74, 6) is -0.581. The first-order valence-electron chi connectivity index (χ1n) is 11.3. The van der Waals surface area contributed by atoms with Crippen LogP contribution in [0, 0.1) is 0 Å². The molecule has 0 saturated heterocycles. The fourth-order valence-electron chi connectivity index (χ4n) is 3.64. The monoisotopic (exact) mass is 597 g/mol. The van der Waals surface area contributed by atoms with Gasteiger partial charge in [-0.25, -0.2) is 8.42 Å². The Hall–Kier alpha value is -2.98. The van der Waals surface area contributed by atoms with E-state index in [4.69, 9.17) is 39.5 Å². The zero-order valence-electron chi connectivity index (χ0n) is 20.8. The molecule has 3 rings (SSSR count). The number of hydrogen-bond donors (Lipinski definition) is 1. The number of halogens is 3. The second kappa shape index (κ2) is 12.7. The van der Waals surface area contributed by atoms with Crippen molar-refractivity contribution in [2.24, 2.45) is 0 Å². The van der Waals surface area contributed by atoms with Gasteiger partial charge in [-0.2, -0.15) is 0 Å². The first-order chi connectivity index (χ1) is 18.0. The Labute approximate surface area is 237 Å². The number of methoxy groups -OCH3 is 1. The highest BCUT2D eigenvalue weighted by Crippen LogP contribution is 2.28. The smallest absolute Gasteiger partial charge is 0.264 e. The van der Waals surface area contributed by atoms with Crippen molar-refractivity contribution in [1.29, 1.82) is 0 Å². The Morgan fingerprint density at radius 2 is 1.55 bits per heavy atom. The molecule has 8 nitrogen and oxygen atoms in total. The summed E-state index contributed by atoms with van der Waals surface area (Å²) in [6.45, 7) is 0.897. The number of amides is 2. The minimum absolute atomic E-state index is 0.0484. The van der Waals surface area contributed by atoms with Gasteiger partial charge in [0.2, 0.25) is 11.8 Å². The van der Waals surface area contributed by atoms with Crippen LogP contribution in [0.2, 0.25) is 15.1 Å². The topological polar surface area (TPSA) is 96.0 Å². The number of benzene rings is 3. The van der Waals surface area contributed by atoms with Crippen LogP contribution >= 0.6 is 34.8 Å². The maximum absolute atomic E-state index is 13.8. The summed E-state index contributed by atoms with van der Waals surface area (Å²) >= 11 is 18.4. The van der Waals surface area contributed by atoms with Gasteiger partial charge in [0.05, 0.1) is 17.7 Å². The summed E-state index contributed by atoms with van der Waals surface area (Å²) in [6, 6.07) is 15.7. The highest BCUT2D eigenvalue weighted by molar-refractivity contribution is 7.92. The number of nitrogens with zero attached hydrogens (tertiary/aromatic N) is 2. The standard InChI is InChI=1S/C26H26Cl3N3O5S/c1-17(26(34)30-2)31(15-18-4-5-20(28)14-24(18)29)25(33)16-32(21-8-6-19(27)7-9-21)38(35,36)23-12-10-22(37-3)11-13-23/h4-14,17H,15-16H2,1-3H3,(H,30,34)/t17-/m0/s1. The lowest BCUT2D eigenvalue weighted by Crippen LogP contribution is -2.50. The van der Waals surface area contributed by atoms with E-state index in [0.717, 1.165) is 4.31 Å². The van der Waals surface area contributed by atoms with E-state index in [1.165, 1.54) is 73.7 Å². The van der Waals surface area contributed by atoms with Gasteiger partial charge in [-0.1, -0.05) is 40.9 Å². The summed E-state index contributed by atoms with van der Waals surface area (Å²) < 4.78 is 33.6. The van der Waals surface area contributed by atoms with Crippen molar-refractivity contribution in [1.82, 2.24) is 10.2 Å². The van der Waals surface area contributed by atoms with Crippen molar-refractivity contribution in [3.05, 3.63) is 87.4 Å². The minimum atomic E-state index is -4.22. The van der Waals surface area contributed by atoms with Gasteiger partial charge in [-0.3, -0.25) is 13.9 Å². The maximum Gasteiger partial charge on any atom is 0.264 e. The highest BCUT2D eigenvalue weighted by Gasteiger charge is 2.32. The predicted octanol–water partition coefficient (Wildman–Crippen LogP) is 5.01. The van der Waals surface area contributed by atoms with Gasteiger partial charge in [-0.15, -0.1) is 0 Å². The van der Waals surface area contributed by atoms with Crippen LogP contribution in [-0.2, 0) is 26.2 Å². The molecular formula is C26H26Cl3N3O5S. The summed E-state index contributed by atoms with van der Waals surface area (Å²) in [5.41, 5.74) is 0.756. The number of carbonyl (C=O) groups is 2. The van der Waals surface area contributed by atoms with Crippen LogP contribution in [0.3, 0.4) is 0 Å². The van der Waals surface area contributed by atoms with E-state index < -0.39 is 34.4 Å². The summed E-state index contributed by atoms with van der Waals surface area (Å²) in [4.78, 5) is 27.5. The molecule has 1 N–H and O–H groups in total. The Bertz CT molecular complexity index is 1400. The van der Waals surface area contributed by atoms with Gasteiger partial charge in [0.25, 0.3) is 10.0 Å². The number of rotatable bonds is 10. The molecule has 0 aliphatic rings. The van der Waals surface area contributed by atoms with Gasteiger partial charge >= 0.3 is 0 Å². The Kier molecular flexibility index (Phi) is 9.89. The normalized spacial score (nSPS) is 11.9. The van der Waals surface area contributed by atoms with Gasteiger partial charge < -0.3 is 15.0 Å². The van der Waals surface area contributed by atoms with Crippen molar-refractivity contribution in [2.45, 2.75) is 24.4 Å². The molecule has 202 valence electrons. The molecule has 0 unspecified atom stereocenters. The number of hydrogen-bond acceptors (Lipinski definition) is 5. The van der Waals surface area contributed by atoms with Gasteiger partial charge in [0.1, 0.15) is 18.3 Å². The number of carbonyl (C=O) groups excluding carboxylic acids is 2. The van der Waals surface area contributed by atoms with Crippen LogP contribution in [0.4, 0.5) is 5.69 Å². The molecule has 0 aliphatic heterocycles. The van der Waals surface area contributed by atoms with E-state index >= 15 is 0 Å². The Morgan fingerprint density at radius 1 is 0.947 bits per heavy atom. The van der Waals surface area contributed by atoms with Gasteiger partial charge in [0, 0.05) is 28.7 Å². The fourth-order valence-corrected chi connectivity index (χ4v) is 5.64. The minimum Gasteiger partial charge on any atom is -0.497 e. The van der Waals surface area contributed by atoms with Crippen LogP contribution in [0.5, 0.6) is 5.75 Å². The molecule has 2 amide bonds. The molecule has 0 spiro atoms. The zero-order valence-corrected chi connectivity index (χ0v) is 23.9. The third-order valence-electron chi connectivity index (χ3n) is 5.81. The van der Waals surface area contributed by atoms with E-state index in [1.807, 2.05) is 0 Å². The maximum atomic E-state index is 13.8. The molecule has 0 aliphatic carbocycles. The van der Waals surface area contributed by atoms with Crippen molar-refractivity contribution >= 4 is 62.3 Å². The first-order valence-corrected chi connectivity index (χ1v) is 13.9. The summed E-state index contributed by atoms with van der Waals surface area (Å²) in [6.07, 6.45) is 0. The fraction of sp³-hybridized carbons (Fsp3) is 0.231. The third-order valence-corrected chi connectivity index (χ3v) is 8.44. The quantitative estimate of drug-likeness (QED) is 0.354. The van der Waals surface area contributed by atoms with Crippen LogP contribution in [0.25, 0.3) is 0 Å². The number of ether oxygens (including phenoxy) is 1. The molecule has 1 atom stereocenters. The average Bonchev–Trinajstić information content (AvgIpc) is 2.90. The molecule has 0 saturated carbocycles. The lowest BCUT2D eigenvalue weighted by Gasteiger charge is -2.32. The molecule has 12 heteroatoms. The number of sulfonamides is 1. The van der Waals surface area contributed by atoms with Crippen molar-refractivity contribution < 1.29 is 22.7 Å². The van der Waals surface area contributed by atoms with Crippen LogP contribution in [0.15, 0.2) is 71.6 Å². The van der Waals surface area contributed by atoms with Crippen LogP contribution < -0.4 is 14.4 Å². The van der Waals surface area contributed by atoms with Gasteiger partial charge in [-0.05, 0) is 73.2 Å². The molecule has 38 heavy (non-hydrogen) atoms. The van der Waals surface area contributed by atoms with E-state index in [1.54, 1.807) is 19.1 Å². The molecule has 3 aromatic rings. The van der Waals surface area contributed by atoms with Gasteiger partial charge in [0.15, 0.2) is 0 Å². The molecule has 3 aromatic carbocycles. The molecule has 0 fully saturated rings. The van der Waals surface area contributed by atoms with Crippen molar-refractivity contribution in [2.75, 3.05) is 25.0 Å². The van der Waals surface area contributed by atoms with Crippen LogP contribution in [0.1, 0.15) is 12.5 Å². The number of anilines is 1. The molecule has 0 aromatic heterocycles.